The number of hydrogen-bond acceptors (Lipinski definition) is 7. The van der Waals surface area contributed by atoms with E-state index in [2.05, 4.69) is 15.5 Å². The van der Waals surface area contributed by atoms with Crippen molar-refractivity contribution in [2.45, 2.75) is 32.4 Å². The predicted molar refractivity (Wildman–Crippen MR) is 123 cm³/mol. The summed E-state index contributed by atoms with van der Waals surface area (Å²) < 4.78 is 21.7. The number of benzene rings is 1. The van der Waals surface area contributed by atoms with Crippen LogP contribution in [0.3, 0.4) is 0 Å². The smallest absolute Gasteiger partial charge is 0.332 e. The van der Waals surface area contributed by atoms with Crippen LogP contribution in [0.25, 0.3) is 15.2 Å². The van der Waals surface area contributed by atoms with Crippen LogP contribution in [0.4, 0.5) is 4.39 Å². The fourth-order valence-corrected chi connectivity index (χ4v) is 5.57. The van der Waals surface area contributed by atoms with Crippen molar-refractivity contribution in [1.29, 1.82) is 0 Å². The van der Waals surface area contributed by atoms with Crippen LogP contribution in [0.5, 0.6) is 5.75 Å². The van der Waals surface area contributed by atoms with Crippen molar-refractivity contribution in [3.05, 3.63) is 68.4 Å². The molecule has 176 valence electrons. The second-order valence-electron chi connectivity index (χ2n) is 7.94. The van der Waals surface area contributed by atoms with Crippen LogP contribution >= 0.6 is 11.3 Å². The number of halogens is 1. The second kappa shape index (κ2) is 8.52. The first kappa shape index (κ1) is 22.0. The van der Waals surface area contributed by atoms with Crippen molar-refractivity contribution in [3.63, 3.8) is 0 Å². The summed E-state index contributed by atoms with van der Waals surface area (Å²) >= 11 is 1.22. The number of hydrogen-bond donors (Lipinski definition) is 1. The minimum Gasteiger partial charge on any atom is -0.496 e. The van der Waals surface area contributed by atoms with E-state index in [-0.39, 0.29) is 18.9 Å². The molecule has 1 amide bonds. The maximum Gasteiger partial charge on any atom is 0.332 e. The van der Waals surface area contributed by atoms with Crippen molar-refractivity contribution in [2.24, 2.45) is 0 Å². The second-order valence-corrected chi connectivity index (χ2v) is 8.92. The number of rotatable bonds is 6. The Balaban J connectivity index is 1.72. The van der Waals surface area contributed by atoms with Gasteiger partial charge in [-0.05, 0) is 43.5 Å². The Hall–Kier alpha value is -3.80. The van der Waals surface area contributed by atoms with Crippen molar-refractivity contribution in [3.8, 4) is 10.8 Å². The molecule has 0 saturated carbocycles. The van der Waals surface area contributed by atoms with Crippen LogP contribution in [-0.4, -0.2) is 43.7 Å². The van der Waals surface area contributed by atoms with E-state index >= 15 is 0 Å². The lowest BCUT2D eigenvalue weighted by Crippen LogP contribution is -2.44. The van der Waals surface area contributed by atoms with Crippen LogP contribution in [0.2, 0.25) is 0 Å². The molecule has 10 nitrogen and oxygen atoms in total. The average Bonchev–Trinajstić information content (AvgIpc) is 3.55. The molecule has 34 heavy (non-hydrogen) atoms. The molecule has 1 aromatic carbocycles. The summed E-state index contributed by atoms with van der Waals surface area (Å²) in [6.07, 6.45) is 3.66. The fraction of sp³-hybridized carbons (Fsp3) is 0.318. The number of fused-ring (bicyclic) bond motifs is 1. The minimum absolute atomic E-state index is 0.149. The summed E-state index contributed by atoms with van der Waals surface area (Å²) in [5.74, 6) is -0.281. The van der Waals surface area contributed by atoms with Crippen LogP contribution in [-0.2, 0) is 17.8 Å². The third-order valence-corrected chi connectivity index (χ3v) is 7.28. The number of nitrogens with zero attached hydrogens (tertiary/aromatic N) is 5. The Morgan fingerprint density at radius 2 is 2.00 bits per heavy atom. The first-order valence-electron chi connectivity index (χ1n) is 10.7. The molecule has 0 spiro atoms. The van der Waals surface area contributed by atoms with E-state index in [9.17, 15) is 18.8 Å². The van der Waals surface area contributed by atoms with Gasteiger partial charge in [0.2, 0.25) is 5.91 Å². The Kier molecular flexibility index (Phi) is 5.52. The predicted octanol–water partition coefficient (Wildman–Crippen LogP) is 1.57. The molecule has 1 saturated heterocycles. The Bertz CT molecular complexity index is 1520. The lowest BCUT2D eigenvalue weighted by Gasteiger charge is -2.16. The maximum absolute atomic E-state index is 13.9. The summed E-state index contributed by atoms with van der Waals surface area (Å²) in [6, 6.07) is 3.31. The molecule has 12 heteroatoms. The summed E-state index contributed by atoms with van der Waals surface area (Å²) in [5.41, 5.74) is 0.0940. The van der Waals surface area contributed by atoms with E-state index in [1.54, 1.807) is 6.92 Å². The van der Waals surface area contributed by atoms with Gasteiger partial charge in [-0.3, -0.25) is 14.2 Å². The molecular formula is C22H21FN6O4S. The molecule has 0 bridgehead atoms. The van der Waals surface area contributed by atoms with Crippen molar-refractivity contribution in [2.75, 3.05) is 13.7 Å². The van der Waals surface area contributed by atoms with Gasteiger partial charge >= 0.3 is 5.69 Å². The lowest BCUT2D eigenvalue weighted by molar-refractivity contribution is -0.122. The quantitative estimate of drug-likeness (QED) is 0.445. The van der Waals surface area contributed by atoms with Crippen LogP contribution in [0, 0.1) is 12.7 Å². The number of nitrogens with one attached hydrogen (secondary N) is 1. The molecule has 0 radical (unpaired) electrons. The minimum atomic E-state index is -0.884. The zero-order valence-corrected chi connectivity index (χ0v) is 19.3. The molecule has 1 unspecified atom stereocenters. The van der Waals surface area contributed by atoms with Gasteiger partial charge in [-0.15, -0.1) is 4.80 Å². The number of amides is 1. The molecule has 4 aromatic rings. The molecule has 1 atom stereocenters. The highest BCUT2D eigenvalue weighted by atomic mass is 32.1. The molecule has 1 aliphatic heterocycles. The molecule has 0 aliphatic carbocycles. The number of methoxy groups -OCH3 is 1. The number of ether oxygens (including phenoxy) is 1. The van der Waals surface area contributed by atoms with Gasteiger partial charge in [0.25, 0.3) is 5.56 Å². The molecule has 4 heterocycles. The molecule has 5 rings (SSSR count). The summed E-state index contributed by atoms with van der Waals surface area (Å²) in [4.78, 5) is 41.4. The number of aromatic nitrogens is 5. The summed E-state index contributed by atoms with van der Waals surface area (Å²) in [5, 5.41) is 11.9. The SMILES string of the molecule is COc1ccc(F)cc1CCn1c(=O)n(C2CCNC2=O)c(=O)c2c(C)c(-n3nccn3)sc21. The third-order valence-electron chi connectivity index (χ3n) is 6.00. The van der Waals surface area contributed by atoms with Gasteiger partial charge < -0.3 is 10.1 Å². The number of carbonyl (C=O) groups is 1. The molecule has 3 aromatic heterocycles. The topological polar surface area (TPSA) is 113 Å². The number of aryl methyl sites for hydroxylation is 3. The Morgan fingerprint density at radius 1 is 1.24 bits per heavy atom. The standard InChI is InChI=1S/C22H21FN6O4S/c1-12-17-19(31)28(15-5-7-24-18(15)30)22(32)27(21(17)34-20(12)29-25-8-9-26-29)10-6-13-11-14(23)3-4-16(13)33-2/h3-4,8-9,11,15H,5-7,10H2,1-2H3,(H,24,30). The van der Waals surface area contributed by atoms with E-state index in [1.807, 2.05) is 0 Å². The zero-order chi connectivity index (χ0) is 24.0. The third kappa shape index (κ3) is 3.50. The van der Waals surface area contributed by atoms with Crippen LogP contribution in [0.15, 0.2) is 40.2 Å². The van der Waals surface area contributed by atoms with E-state index in [1.165, 1.54) is 58.4 Å². The summed E-state index contributed by atoms with van der Waals surface area (Å²) in [7, 11) is 1.49. The van der Waals surface area contributed by atoms with Gasteiger partial charge in [0.15, 0.2) is 0 Å². The van der Waals surface area contributed by atoms with Gasteiger partial charge in [0.1, 0.15) is 27.4 Å². The number of thiophene rings is 1. The first-order chi connectivity index (χ1) is 16.4. The van der Waals surface area contributed by atoms with Gasteiger partial charge in [-0.2, -0.15) is 10.2 Å². The van der Waals surface area contributed by atoms with Gasteiger partial charge in [-0.25, -0.2) is 13.8 Å². The Labute approximate surface area is 196 Å². The van der Waals surface area contributed by atoms with Crippen molar-refractivity contribution < 1.29 is 13.9 Å². The van der Waals surface area contributed by atoms with Gasteiger partial charge in [0, 0.05) is 18.7 Å². The molecule has 1 fully saturated rings. The molecule has 1 aliphatic rings. The lowest BCUT2D eigenvalue weighted by atomic mass is 10.1. The zero-order valence-electron chi connectivity index (χ0n) is 18.4. The first-order valence-corrected chi connectivity index (χ1v) is 11.5. The average molecular weight is 485 g/mol. The van der Waals surface area contributed by atoms with Crippen molar-refractivity contribution >= 4 is 27.5 Å². The van der Waals surface area contributed by atoms with Crippen molar-refractivity contribution in [1.82, 2.24) is 29.4 Å². The van der Waals surface area contributed by atoms with Crippen LogP contribution < -0.4 is 21.3 Å². The number of carbonyl (C=O) groups excluding carboxylic acids is 1. The fourth-order valence-electron chi connectivity index (χ4n) is 4.34. The van der Waals surface area contributed by atoms with E-state index in [4.69, 9.17) is 4.74 Å². The maximum atomic E-state index is 13.9. The highest BCUT2D eigenvalue weighted by Gasteiger charge is 2.31. The normalized spacial score (nSPS) is 15.7. The van der Waals surface area contributed by atoms with E-state index < -0.39 is 23.1 Å². The summed E-state index contributed by atoms with van der Waals surface area (Å²) in [6.45, 7) is 2.30. The highest BCUT2D eigenvalue weighted by Crippen LogP contribution is 2.31. The molecule has 1 N–H and O–H groups in total. The monoisotopic (exact) mass is 484 g/mol. The largest absolute Gasteiger partial charge is 0.496 e. The van der Waals surface area contributed by atoms with Crippen LogP contribution in [0.1, 0.15) is 23.6 Å². The van der Waals surface area contributed by atoms with E-state index in [0.717, 1.165) is 4.57 Å². The highest BCUT2D eigenvalue weighted by molar-refractivity contribution is 7.21. The Morgan fingerprint density at radius 3 is 2.68 bits per heavy atom. The van der Waals surface area contributed by atoms with Gasteiger partial charge in [-0.1, -0.05) is 11.3 Å². The molecular weight excluding hydrogens is 463 g/mol. The van der Waals surface area contributed by atoms with Gasteiger partial charge in [0.05, 0.1) is 24.9 Å². The van der Waals surface area contributed by atoms with E-state index in [0.29, 0.717) is 45.1 Å².